The molecular weight excluding hydrogens is 188 g/mol. The highest BCUT2D eigenvalue weighted by Gasteiger charge is 2.31. The zero-order chi connectivity index (χ0) is 10.1. The van der Waals surface area contributed by atoms with Crippen molar-refractivity contribution in [3.05, 3.63) is 12.4 Å². The van der Waals surface area contributed by atoms with Crippen molar-refractivity contribution in [2.75, 3.05) is 18.4 Å². The zero-order valence-corrected chi connectivity index (χ0v) is 8.95. The largest absolute Gasteiger partial charge is 0.353 e. The molecule has 2 saturated heterocycles. The number of rotatable bonds is 2. The molecule has 2 aliphatic heterocycles. The van der Waals surface area contributed by atoms with Gasteiger partial charge in [-0.2, -0.15) is 0 Å². The molecule has 0 spiro atoms. The summed E-state index contributed by atoms with van der Waals surface area (Å²) in [5.74, 6) is 0.923. The summed E-state index contributed by atoms with van der Waals surface area (Å²) >= 11 is 0. The molecule has 0 radical (unpaired) electrons. The van der Waals surface area contributed by atoms with Crippen LogP contribution < -0.4 is 5.32 Å². The normalized spacial score (nSPS) is 31.5. The first-order chi connectivity index (χ1) is 7.42. The Morgan fingerprint density at radius 2 is 2.40 bits per heavy atom. The van der Waals surface area contributed by atoms with E-state index < -0.39 is 0 Å². The predicted octanol–water partition coefficient (Wildman–Crippen LogP) is 1.45. The van der Waals surface area contributed by atoms with Crippen molar-refractivity contribution in [1.82, 2.24) is 14.9 Å². The van der Waals surface area contributed by atoms with Crippen LogP contribution in [0.3, 0.4) is 0 Å². The highest BCUT2D eigenvalue weighted by atomic mass is 15.2. The van der Waals surface area contributed by atoms with Crippen molar-refractivity contribution in [1.29, 1.82) is 0 Å². The number of anilines is 1. The van der Waals surface area contributed by atoms with Crippen molar-refractivity contribution in [3.63, 3.8) is 0 Å². The van der Waals surface area contributed by atoms with E-state index in [4.69, 9.17) is 0 Å². The average molecular weight is 206 g/mol. The molecule has 0 aromatic carbocycles. The summed E-state index contributed by atoms with van der Waals surface area (Å²) in [5, 5.41) is 3.48. The van der Waals surface area contributed by atoms with Gasteiger partial charge in [-0.1, -0.05) is 0 Å². The minimum atomic E-state index is 0.607. The Hall–Kier alpha value is -1.03. The smallest absolute Gasteiger partial charge is 0.200 e. The van der Waals surface area contributed by atoms with Crippen LogP contribution in [-0.4, -0.2) is 40.0 Å². The van der Waals surface area contributed by atoms with Crippen LogP contribution in [0.4, 0.5) is 5.95 Å². The highest BCUT2D eigenvalue weighted by molar-refractivity contribution is 5.25. The molecule has 2 unspecified atom stereocenters. The third-order valence-electron chi connectivity index (χ3n) is 3.66. The number of H-pyrrole nitrogens is 1. The van der Waals surface area contributed by atoms with Gasteiger partial charge >= 0.3 is 0 Å². The summed E-state index contributed by atoms with van der Waals surface area (Å²) in [6.07, 6.45) is 8.96. The van der Waals surface area contributed by atoms with E-state index in [1.165, 1.54) is 38.8 Å². The number of nitrogens with zero attached hydrogens (tertiary/aromatic N) is 2. The maximum atomic E-state index is 4.22. The Balaban J connectivity index is 1.59. The minimum Gasteiger partial charge on any atom is -0.353 e. The highest BCUT2D eigenvalue weighted by Crippen LogP contribution is 2.27. The molecule has 15 heavy (non-hydrogen) atoms. The lowest BCUT2D eigenvalue weighted by molar-refractivity contribution is 0.188. The number of aromatic amines is 1. The number of imidazole rings is 1. The topological polar surface area (TPSA) is 44.0 Å². The second kappa shape index (κ2) is 3.85. The lowest BCUT2D eigenvalue weighted by Crippen LogP contribution is -2.42. The third-order valence-corrected chi connectivity index (χ3v) is 3.66. The van der Waals surface area contributed by atoms with Gasteiger partial charge in [-0.15, -0.1) is 0 Å². The van der Waals surface area contributed by atoms with Gasteiger partial charge in [-0.05, 0) is 32.2 Å². The monoisotopic (exact) mass is 206 g/mol. The van der Waals surface area contributed by atoms with Crippen molar-refractivity contribution < 1.29 is 0 Å². The molecule has 0 aliphatic carbocycles. The number of hydrogen-bond acceptors (Lipinski definition) is 3. The van der Waals surface area contributed by atoms with E-state index in [1.807, 2.05) is 6.20 Å². The maximum Gasteiger partial charge on any atom is 0.200 e. The number of aromatic nitrogens is 2. The Labute approximate surface area is 90.1 Å². The first-order valence-corrected chi connectivity index (χ1v) is 5.92. The Morgan fingerprint density at radius 3 is 3.27 bits per heavy atom. The van der Waals surface area contributed by atoms with Gasteiger partial charge in [-0.25, -0.2) is 4.98 Å². The van der Waals surface area contributed by atoms with Gasteiger partial charge in [0.05, 0.1) is 0 Å². The SMILES string of the molecule is c1c[nH]c(NC2CCN3CCCC3C2)n1. The van der Waals surface area contributed by atoms with Crippen LogP contribution in [0.1, 0.15) is 25.7 Å². The van der Waals surface area contributed by atoms with Gasteiger partial charge in [-0.3, -0.25) is 0 Å². The lowest BCUT2D eigenvalue weighted by atomic mass is 9.98. The molecule has 2 fully saturated rings. The maximum absolute atomic E-state index is 4.22. The Morgan fingerprint density at radius 1 is 1.40 bits per heavy atom. The van der Waals surface area contributed by atoms with E-state index in [2.05, 4.69) is 20.2 Å². The molecule has 3 heterocycles. The summed E-state index contributed by atoms with van der Waals surface area (Å²) in [7, 11) is 0. The summed E-state index contributed by atoms with van der Waals surface area (Å²) in [4.78, 5) is 9.96. The van der Waals surface area contributed by atoms with Crippen LogP contribution in [0.25, 0.3) is 0 Å². The average Bonchev–Trinajstić information content (AvgIpc) is 2.87. The van der Waals surface area contributed by atoms with Crippen molar-refractivity contribution >= 4 is 5.95 Å². The molecule has 4 nitrogen and oxygen atoms in total. The number of piperidine rings is 1. The quantitative estimate of drug-likeness (QED) is 0.769. The molecule has 0 saturated carbocycles. The zero-order valence-electron chi connectivity index (χ0n) is 8.95. The van der Waals surface area contributed by atoms with Crippen molar-refractivity contribution in [2.24, 2.45) is 0 Å². The molecule has 82 valence electrons. The molecule has 3 rings (SSSR count). The molecule has 0 bridgehead atoms. The van der Waals surface area contributed by atoms with Gasteiger partial charge < -0.3 is 15.2 Å². The van der Waals surface area contributed by atoms with Crippen LogP contribution in [-0.2, 0) is 0 Å². The van der Waals surface area contributed by atoms with Crippen LogP contribution >= 0.6 is 0 Å². The van der Waals surface area contributed by atoms with Crippen LogP contribution in [0, 0.1) is 0 Å². The first kappa shape index (κ1) is 9.21. The van der Waals surface area contributed by atoms with Gasteiger partial charge in [0.25, 0.3) is 0 Å². The number of fused-ring (bicyclic) bond motifs is 1. The van der Waals surface area contributed by atoms with Crippen LogP contribution in [0.15, 0.2) is 12.4 Å². The predicted molar refractivity (Wildman–Crippen MR) is 59.8 cm³/mol. The summed E-state index contributed by atoms with van der Waals surface area (Å²) in [6.45, 7) is 2.57. The van der Waals surface area contributed by atoms with Gasteiger partial charge in [0.15, 0.2) is 5.95 Å². The van der Waals surface area contributed by atoms with E-state index in [9.17, 15) is 0 Å². The number of nitrogens with one attached hydrogen (secondary N) is 2. The fourth-order valence-corrected chi connectivity index (χ4v) is 2.89. The second-order valence-corrected chi connectivity index (χ2v) is 4.64. The second-order valence-electron chi connectivity index (χ2n) is 4.64. The van der Waals surface area contributed by atoms with E-state index in [1.54, 1.807) is 6.20 Å². The lowest BCUT2D eigenvalue weighted by Gasteiger charge is -2.35. The minimum absolute atomic E-state index is 0.607. The molecule has 2 N–H and O–H groups in total. The molecule has 1 aromatic rings. The fourth-order valence-electron chi connectivity index (χ4n) is 2.89. The van der Waals surface area contributed by atoms with Crippen molar-refractivity contribution in [2.45, 2.75) is 37.8 Å². The van der Waals surface area contributed by atoms with E-state index in [-0.39, 0.29) is 0 Å². The van der Waals surface area contributed by atoms with Gasteiger partial charge in [0.1, 0.15) is 0 Å². The van der Waals surface area contributed by atoms with E-state index in [0.717, 1.165) is 12.0 Å². The molecule has 1 aromatic heterocycles. The van der Waals surface area contributed by atoms with E-state index in [0.29, 0.717) is 6.04 Å². The summed E-state index contributed by atoms with van der Waals surface area (Å²) in [5.41, 5.74) is 0. The molecule has 0 amide bonds. The van der Waals surface area contributed by atoms with Crippen LogP contribution in [0.2, 0.25) is 0 Å². The fraction of sp³-hybridized carbons (Fsp3) is 0.727. The Kier molecular flexibility index (Phi) is 2.37. The number of hydrogen-bond donors (Lipinski definition) is 2. The van der Waals surface area contributed by atoms with Crippen LogP contribution in [0.5, 0.6) is 0 Å². The van der Waals surface area contributed by atoms with Gasteiger partial charge in [0, 0.05) is 31.0 Å². The standard InChI is InChI=1S/C11H18N4/c1-2-10-8-9(3-7-15(10)6-1)14-11-12-4-5-13-11/h4-5,9-10H,1-3,6-8H2,(H2,12,13,14). The Bertz CT molecular complexity index is 308. The summed E-state index contributed by atoms with van der Waals surface area (Å²) < 4.78 is 0. The van der Waals surface area contributed by atoms with Crippen molar-refractivity contribution in [3.8, 4) is 0 Å². The van der Waals surface area contributed by atoms with Gasteiger partial charge in [0.2, 0.25) is 0 Å². The molecule has 4 heteroatoms. The molecule has 2 atom stereocenters. The molecular formula is C11H18N4. The molecule has 2 aliphatic rings. The van der Waals surface area contributed by atoms with E-state index >= 15 is 0 Å². The first-order valence-electron chi connectivity index (χ1n) is 5.92. The summed E-state index contributed by atoms with van der Waals surface area (Å²) in [6, 6.07) is 1.43. The third kappa shape index (κ3) is 1.86.